The van der Waals surface area contributed by atoms with Gasteiger partial charge in [0, 0.05) is 0 Å². The predicted octanol–water partition coefficient (Wildman–Crippen LogP) is 1.21. The van der Waals surface area contributed by atoms with Crippen LogP contribution in [0.25, 0.3) is 11.5 Å². The van der Waals surface area contributed by atoms with E-state index < -0.39 is 11.9 Å². The molecule has 1 aromatic heterocycles. The number of carboxylic acid groups (broad SMARTS) is 1. The summed E-state index contributed by atoms with van der Waals surface area (Å²) in [5.41, 5.74) is 0.521. The van der Waals surface area contributed by atoms with E-state index in [1.165, 1.54) is 0 Å². The standard InChI is InChI=1S/C11H8N2O5/c14-11(15)10-13-12-9(18-10)6-2-1-3-7-8(6)17-5-4-16-7/h1-3H,4-5H2,(H,14,15). The maximum absolute atomic E-state index is 10.7. The largest absolute Gasteiger partial charge is 0.486 e. The molecule has 7 nitrogen and oxygen atoms in total. The second kappa shape index (κ2) is 4.02. The lowest BCUT2D eigenvalue weighted by Crippen LogP contribution is -2.15. The first-order valence-electron chi connectivity index (χ1n) is 5.21. The Morgan fingerprint density at radius 1 is 1.22 bits per heavy atom. The number of carboxylic acids is 1. The summed E-state index contributed by atoms with van der Waals surface area (Å²) < 4.78 is 15.9. The van der Waals surface area contributed by atoms with E-state index >= 15 is 0 Å². The molecule has 1 aromatic carbocycles. The van der Waals surface area contributed by atoms with Crippen molar-refractivity contribution in [3.8, 4) is 23.0 Å². The molecule has 2 heterocycles. The first kappa shape index (κ1) is 10.6. The molecule has 3 rings (SSSR count). The fraction of sp³-hybridized carbons (Fsp3) is 0.182. The van der Waals surface area contributed by atoms with Gasteiger partial charge in [0.25, 0.3) is 5.89 Å². The molecule has 0 radical (unpaired) electrons. The summed E-state index contributed by atoms with van der Waals surface area (Å²) in [6.07, 6.45) is 0. The van der Waals surface area contributed by atoms with Gasteiger partial charge < -0.3 is 19.0 Å². The molecule has 1 N–H and O–H groups in total. The zero-order chi connectivity index (χ0) is 12.5. The molecule has 0 bridgehead atoms. The maximum Gasteiger partial charge on any atom is 0.393 e. The normalized spacial score (nSPS) is 13.3. The SMILES string of the molecule is O=C(O)c1nnc(-c2cccc3c2OCCO3)o1. The molecular weight excluding hydrogens is 240 g/mol. The molecule has 0 saturated heterocycles. The molecule has 0 spiro atoms. The van der Waals surface area contributed by atoms with Crippen molar-refractivity contribution in [2.24, 2.45) is 0 Å². The van der Waals surface area contributed by atoms with Crippen LogP contribution in [0.4, 0.5) is 0 Å². The molecule has 0 unspecified atom stereocenters. The van der Waals surface area contributed by atoms with E-state index in [-0.39, 0.29) is 5.89 Å². The van der Waals surface area contributed by atoms with Crippen LogP contribution in [-0.4, -0.2) is 34.5 Å². The number of nitrogens with zero attached hydrogens (tertiary/aromatic N) is 2. The first-order chi connectivity index (χ1) is 8.75. The van der Waals surface area contributed by atoms with Crippen LogP contribution in [0.1, 0.15) is 10.7 Å². The molecule has 92 valence electrons. The smallest absolute Gasteiger partial charge is 0.393 e. The van der Waals surface area contributed by atoms with Crippen LogP contribution >= 0.6 is 0 Å². The van der Waals surface area contributed by atoms with Gasteiger partial charge in [-0.1, -0.05) is 6.07 Å². The van der Waals surface area contributed by atoms with E-state index in [0.29, 0.717) is 30.3 Å². The number of hydrogen-bond acceptors (Lipinski definition) is 6. The highest BCUT2D eigenvalue weighted by Crippen LogP contribution is 2.39. The lowest BCUT2D eigenvalue weighted by Gasteiger charge is -2.19. The van der Waals surface area contributed by atoms with Crippen molar-refractivity contribution in [1.29, 1.82) is 0 Å². The molecule has 7 heteroatoms. The van der Waals surface area contributed by atoms with E-state index in [0.717, 1.165) is 0 Å². The Bertz CT molecular complexity index is 607. The van der Waals surface area contributed by atoms with E-state index in [2.05, 4.69) is 10.2 Å². The van der Waals surface area contributed by atoms with E-state index in [9.17, 15) is 4.79 Å². The summed E-state index contributed by atoms with van der Waals surface area (Å²) in [5.74, 6) is -0.567. The first-order valence-corrected chi connectivity index (χ1v) is 5.21. The van der Waals surface area contributed by atoms with Crippen molar-refractivity contribution >= 4 is 5.97 Å². The molecule has 0 fully saturated rings. The van der Waals surface area contributed by atoms with Gasteiger partial charge in [0.05, 0.1) is 5.56 Å². The zero-order valence-electron chi connectivity index (χ0n) is 9.12. The average molecular weight is 248 g/mol. The number of para-hydroxylation sites is 1. The Hall–Kier alpha value is -2.57. The quantitative estimate of drug-likeness (QED) is 0.853. The van der Waals surface area contributed by atoms with Crippen molar-refractivity contribution in [2.45, 2.75) is 0 Å². The lowest BCUT2D eigenvalue weighted by atomic mass is 10.2. The third-order valence-electron chi connectivity index (χ3n) is 2.40. The van der Waals surface area contributed by atoms with Gasteiger partial charge in [0.15, 0.2) is 11.5 Å². The molecule has 18 heavy (non-hydrogen) atoms. The van der Waals surface area contributed by atoms with Gasteiger partial charge in [-0.2, -0.15) is 0 Å². The van der Waals surface area contributed by atoms with E-state index in [1.807, 2.05) is 0 Å². The second-order valence-electron chi connectivity index (χ2n) is 3.55. The number of carbonyl (C=O) groups is 1. The summed E-state index contributed by atoms with van der Waals surface area (Å²) >= 11 is 0. The Morgan fingerprint density at radius 2 is 2.06 bits per heavy atom. The highest BCUT2D eigenvalue weighted by Gasteiger charge is 2.22. The highest BCUT2D eigenvalue weighted by molar-refractivity contribution is 5.82. The van der Waals surface area contributed by atoms with Gasteiger partial charge in [0.2, 0.25) is 0 Å². The molecule has 0 amide bonds. The molecule has 1 aliphatic rings. The van der Waals surface area contributed by atoms with E-state index in [4.69, 9.17) is 19.0 Å². The van der Waals surface area contributed by atoms with Crippen molar-refractivity contribution in [2.75, 3.05) is 13.2 Å². The van der Waals surface area contributed by atoms with Crippen LogP contribution in [0.2, 0.25) is 0 Å². The fourth-order valence-corrected chi connectivity index (χ4v) is 1.66. The molecule has 2 aromatic rings. The minimum absolute atomic E-state index is 0.0924. The van der Waals surface area contributed by atoms with Crippen molar-refractivity contribution < 1.29 is 23.8 Å². The number of ether oxygens (including phenoxy) is 2. The predicted molar refractivity (Wildman–Crippen MR) is 57.7 cm³/mol. The molecule has 0 atom stereocenters. The number of aromatic nitrogens is 2. The minimum Gasteiger partial charge on any atom is -0.486 e. The minimum atomic E-state index is -1.27. The van der Waals surface area contributed by atoms with Gasteiger partial charge in [-0.15, -0.1) is 10.2 Å². The highest BCUT2D eigenvalue weighted by atomic mass is 16.6. The van der Waals surface area contributed by atoms with Gasteiger partial charge in [-0.25, -0.2) is 4.79 Å². The number of rotatable bonds is 2. The van der Waals surface area contributed by atoms with Gasteiger partial charge in [-0.05, 0) is 12.1 Å². The van der Waals surface area contributed by atoms with Gasteiger partial charge in [0.1, 0.15) is 13.2 Å². The van der Waals surface area contributed by atoms with Crippen molar-refractivity contribution in [1.82, 2.24) is 10.2 Å². The third kappa shape index (κ3) is 1.65. The zero-order valence-corrected chi connectivity index (χ0v) is 9.12. The molecule has 0 saturated carbocycles. The van der Waals surface area contributed by atoms with Gasteiger partial charge in [-0.3, -0.25) is 0 Å². The Morgan fingerprint density at radius 3 is 2.83 bits per heavy atom. The van der Waals surface area contributed by atoms with Crippen LogP contribution in [0.15, 0.2) is 22.6 Å². The topological polar surface area (TPSA) is 94.7 Å². The van der Waals surface area contributed by atoms with Crippen LogP contribution in [0.3, 0.4) is 0 Å². The molecular formula is C11H8N2O5. The monoisotopic (exact) mass is 248 g/mol. The summed E-state index contributed by atoms with van der Waals surface area (Å²) in [5, 5.41) is 15.8. The fourth-order valence-electron chi connectivity index (χ4n) is 1.66. The lowest BCUT2D eigenvalue weighted by molar-refractivity contribution is 0.0654. The average Bonchev–Trinajstić information content (AvgIpc) is 2.87. The number of benzene rings is 1. The van der Waals surface area contributed by atoms with Crippen LogP contribution in [0.5, 0.6) is 11.5 Å². The van der Waals surface area contributed by atoms with E-state index in [1.54, 1.807) is 18.2 Å². The number of fused-ring (bicyclic) bond motifs is 1. The summed E-state index contributed by atoms with van der Waals surface area (Å²) in [4.78, 5) is 10.7. The molecule has 1 aliphatic heterocycles. The second-order valence-corrected chi connectivity index (χ2v) is 3.55. The van der Waals surface area contributed by atoms with Crippen molar-refractivity contribution in [3.05, 3.63) is 24.1 Å². The number of aromatic carboxylic acids is 1. The van der Waals surface area contributed by atoms with Crippen LogP contribution < -0.4 is 9.47 Å². The Kier molecular flexibility index (Phi) is 2.36. The summed E-state index contributed by atoms with van der Waals surface area (Å²) in [7, 11) is 0. The summed E-state index contributed by atoms with van der Waals surface area (Å²) in [6, 6.07) is 5.20. The van der Waals surface area contributed by atoms with Crippen molar-refractivity contribution in [3.63, 3.8) is 0 Å². The Balaban J connectivity index is 2.08. The third-order valence-corrected chi connectivity index (χ3v) is 2.40. The number of hydrogen-bond donors (Lipinski definition) is 1. The molecule has 0 aliphatic carbocycles. The van der Waals surface area contributed by atoms with Crippen LogP contribution in [0, 0.1) is 0 Å². The summed E-state index contributed by atoms with van der Waals surface area (Å²) in [6.45, 7) is 0.893. The van der Waals surface area contributed by atoms with Gasteiger partial charge >= 0.3 is 11.9 Å². The Labute approximate surface area is 101 Å². The van der Waals surface area contributed by atoms with Crippen LogP contribution in [-0.2, 0) is 0 Å². The maximum atomic E-state index is 10.7.